The molecule has 2 unspecified atom stereocenters. The quantitative estimate of drug-likeness (QED) is 0.814. The van der Waals surface area contributed by atoms with Crippen LogP contribution in [0.5, 0.6) is 0 Å². The molecule has 2 heterocycles. The average Bonchev–Trinajstić information content (AvgIpc) is 2.91. The monoisotopic (exact) mass is 254 g/mol. The number of ether oxygens (including phenoxy) is 1. The van der Waals surface area contributed by atoms with Gasteiger partial charge in [-0.25, -0.2) is 0 Å². The summed E-state index contributed by atoms with van der Waals surface area (Å²) < 4.78 is 5.71. The fraction of sp³-hybridized carbons (Fsp3) is 1.00. The first-order chi connectivity index (χ1) is 8.66. The van der Waals surface area contributed by atoms with Gasteiger partial charge in [-0.15, -0.1) is 0 Å². The van der Waals surface area contributed by atoms with Crippen molar-refractivity contribution in [3.63, 3.8) is 0 Å². The summed E-state index contributed by atoms with van der Waals surface area (Å²) in [6, 6.07) is 0.556. The molecule has 2 saturated heterocycles. The third-order valence-corrected chi connectivity index (χ3v) is 4.77. The molecule has 0 aliphatic carbocycles. The fourth-order valence-corrected chi connectivity index (χ4v) is 3.73. The summed E-state index contributed by atoms with van der Waals surface area (Å²) in [6.45, 7) is 12.5. The molecule has 2 rings (SSSR count). The molecule has 0 saturated carbocycles. The van der Waals surface area contributed by atoms with Gasteiger partial charge in [-0.05, 0) is 65.1 Å². The minimum atomic E-state index is 0.248. The van der Waals surface area contributed by atoms with Crippen LogP contribution in [0.2, 0.25) is 0 Å². The van der Waals surface area contributed by atoms with Gasteiger partial charge in [0, 0.05) is 18.2 Å². The lowest BCUT2D eigenvalue weighted by Gasteiger charge is -2.46. The molecule has 0 bridgehead atoms. The van der Waals surface area contributed by atoms with E-state index in [9.17, 15) is 0 Å². The van der Waals surface area contributed by atoms with Crippen LogP contribution in [-0.4, -0.2) is 49.3 Å². The maximum atomic E-state index is 5.71. The largest absolute Gasteiger partial charge is 0.381 e. The van der Waals surface area contributed by atoms with Crippen LogP contribution in [0.4, 0.5) is 0 Å². The van der Waals surface area contributed by atoms with Crippen LogP contribution in [0.15, 0.2) is 0 Å². The van der Waals surface area contributed by atoms with Crippen molar-refractivity contribution in [1.29, 1.82) is 0 Å². The van der Waals surface area contributed by atoms with E-state index in [4.69, 9.17) is 4.74 Å². The van der Waals surface area contributed by atoms with Gasteiger partial charge in [-0.2, -0.15) is 0 Å². The van der Waals surface area contributed by atoms with E-state index >= 15 is 0 Å². The molecule has 2 aliphatic rings. The minimum absolute atomic E-state index is 0.248. The highest BCUT2D eigenvalue weighted by molar-refractivity contribution is 4.98. The van der Waals surface area contributed by atoms with Crippen molar-refractivity contribution in [3.05, 3.63) is 0 Å². The molecular weight excluding hydrogens is 224 g/mol. The van der Waals surface area contributed by atoms with E-state index in [0.29, 0.717) is 12.0 Å². The topological polar surface area (TPSA) is 24.5 Å². The van der Waals surface area contributed by atoms with E-state index in [1.807, 2.05) is 0 Å². The highest BCUT2D eigenvalue weighted by atomic mass is 16.5. The second kappa shape index (κ2) is 6.36. The molecule has 1 N–H and O–H groups in total. The maximum absolute atomic E-state index is 5.71. The molecule has 106 valence electrons. The first-order valence-corrected chi connectivity index (χ1v) is 7.72. The molecule has 0 spiro atoms. The molecule has 18 heavy (non-hydrogen) atoms. The second-order valence-electron chi connectivity index (χ2n) is 6.36. The van der Waals surface area contributed by atoms with Crippen molar-refractivity contribution in [2.75, 3.05) is 32.8 Å². The van der Waals surface area contributed by atoms with Gasteiger partial charge in [0.1, 0.15) is 0 Å². The van der Waals surface area contributed by atoms with E-state index in [-0.39, 0.29) is 5.54 Å². The Kier molecular flexibility index (Phi) is 5.05. The van der Waals surface area contributed by atoms with Crippen molar-refractivity contribution in [3.8, 4) is 0 Å². The smallest absolute Gasteiger partial charge is 0.0509 e. The number of rotatable bonds is 5. The van der Waals surface area contributed by atoms with Gasteiger partial charge in [0.2, 0.25) is 0 Å². The Morgan fingerprint density at radius 2 is 2.00 bits per heavy atom. The van der Waals surface area contributed by atoms with Crippen LogP contribution in [0.25, 0.3) is 0 Å². The van der Waals surface area contributed by atoms with E-state index in [1.54, 1.807) is 0 Å². The Morgan fingerprint density at radius 3 is 2.56 bits per heavy atom. The molecule has 3 nitrogen and oxygen atoms in total. The van der Waals surface area contributed by atoms with Crippen molar-refractivity contribution in [2.45, 2.75) is 58.0 Å². The molecule has 2 atom stereocenters. The molecule has 0 aromatic rings. The first kappa shape index (κ1) is 14.3. The van der Waals surface area contributed by atoms with Crippen molar-refractivity contribution in [1.82, 2.24) is 10.2 Å². The van der Waals surface area contributed by atoms with E-state index in [0.717, 1.165) is 19.8 Å². The molecule has 0 aromatic heterocycles. The Morgan fingerprint density at radius 1 is 1.28 bits per heavy atom. The predicted octanol–water partition coefficient (Wildman–Crippen LogP) is 2.27. The zero-order valence-corrected chi connectivity index (χ0v) is 12.4. The van der Waals surface area contributed by atoms with Gasteiger partial charge in [0.25, 0.3) is 0 Å². The molecule has 0 aromatic carbocycles. The van der Waals surface area contributed by atoms with Crippen molar-refractivity contribution in [2.24, 2.45) is 5.92 Å². The summed E-state index contributed by atoms with van der Waals surface area (Å²) in [4.78, 5) is 2.68. The van der Waals surface area contributed by atoms with Crippen LogP contribution >= 0.6 is 0 Å². The zero-order valence-electron chi connectivity index (χ0n) is 12.4. The lowest BCUT2D eigenvalue weighted by atomic mass is 9.80. The molecule has 0 radical (unpaired) electrons. The van der Waals surface area contributed by atoms with Crippen LogP contribution in [0, 0.1) is 5.92 Å². The summed E-state index contributed by atoms with van der Waals surface area (Å²) in [7, 11) is 0. The summed E-state index contributed by atoms with van der Waals surface area (Å²) in [5.74, 6) is 0.675. The van der Waals surface area contributed by atoms with Crippen LogP contribution in [0.3, 0.4) is 0 Å². The van der Waals surface area contributed by atoms with Gasteiger partial charge >= 0.3 is 0 Å². The molecule has 0 amide bonds. The fourth-order valence-electron chi connectivity index (χ4n) is 3.73. The Labute approximate surface area is 112 Å². The van der Waals surface area contributed by atoms with Crippen LogP contribution in [-0.2, 0) is 4.74 Å². The lowest BCUT2D eigenvalue weighted by molar-refractivity contribution is -0.00137. The van der Waals surface area contributed by atoms with Crippen molar-refractivity contribution >= 4 is 0 Å². The normalized spacial score (nSPS) is 28.5. The van der Waals surface area contributed by atoms with Gasteiger partial charge in [0.15, 0.2) is 0 Å². The van der Waals surface area contributed by atoms with E-state index < -0.39 is 0 Å². The molecule has 2 aliphatic heterocycles. The summed E-state index contributed by atoms with van der Waals surface area (Å²) >= 11 is 0. The van der Waals surface area contributed by atoms with E-state index in [2.05, 4.69) is 31.0 Å². The van der Waals surface area contributed by atoms with E-state index in [1.165, 1.54) is 38.8 Å². The maximum Gasteiger partial charge on any atom is 0.0509 e. The number of likely N-dealkylation sites (tertiary alicyclic amines) is 1. The average molecular weight is 254 g/mol. The zero-order chi connectivity index (χ0) is 13.0. The van der Waals surface area contributed by atoms with Gasteiger partial charge < -0.3 is 10.1 Å². The van der Waals surface area contributed by atoms with Gasteiger partial charge in [-0.3, -0.25) is 4.90 Å². The lowest BCUT2D eigenvalue weighted by Crippen LogP contribution is -2.61. The SMILES string of the molecule is CCNC(C1CCCOC1)C(C)(C)N1CCCC1. The molecule has 2 fully saturated rings. The predicted molar refractivity (Wildman–Crippen MR) is 75.9 cm³/mol. The Balaban J connectivity index is 2.06. The summed E-state index contributed by atoms with van der Waals surface area (Å²) in [5, 5.41) is 3.75. The molecule has 3 heteroatoms. The third-order valence-electron chi connectivity index (χ3n) is 4.77. The number of hydrogen-bond donors (Lipinski definition) is 1. The van der Waals surface area contributed by atoms with Crippen molar-refractivity contribution < 1.29 is 4.74 Å². The number of nitrogens with one attached hydrogen (secondary N) is 1. The number of likely N-dealkylation sites (N-methyl/N-ethyl adjacent to an activating group) is 1. The second-order valence-corrected chi connectivity index (χ2v) is 6.36. The summed E-state index contributed by atoms with van der Waals surface area (Å²) in [6.07, 6.45) is 5.27. The van der Waals surface area contributed by atoms with Crippen LogP contribution < -0.4 is 5.32 Å². The first-order valence-electron chi connectivity index (χ1n) is 7.72. The third kappa shape index (κ3) is 3.06. The van der Waals surface area contributed by atoms with Crippen LogP contribution in [0.1, 0.15) is 46.5 Å². The highest BCUT2D eigenvalue weighted by Crippen LogP contribution is 2.31. The van der Waals surface area contributed by atoms with Gasteiger partial charge in [-0.1, -0.05) is 6.92 Å². The van der Waals surface area contributed by atoms with Gasteiger partial charge in [0.05, 0.1) is 6.61 Å². The highest BCUT2D eigenvalue weighted by Gasteiger charge is 2.40. The number of hydrogen-bond acceptors (Lipinski definition) is 3. The number of nitrogens with zero attached hydrogens (tertiary/aromatic N) is 1. The molecular formula is C15H30N2O. The Hall–Kier alpha value is -0.120. The Bertz CT molecular complexity index is 243. The minimum Gasteiger partial charge on any atom is -0.381 e. The standard InChI is InChI=1S/C15H30N2O/c1-4-16-14(13-8-7-11-18-12-13)15(2,3)17-9-5-6-10-17/h13-14,16H,4-12H2,1-3H3. The summed E-state index contributed by atoms with van der Waals surface area (Å²) in [5.41, 5.74) is 0.248.